The quantitative estimate of drug-likeness (QED) is 0.797. The molecule has 2 heterocycles. The zero-order valence-corrected chi connectivity index (χ0v) is 14.2. The summed E-state index contributed by atoms with van der Waals surface area (Å²) in [5.41, 5.74) is 3.10. The van der Waals surface area contributed by atoms with Crippen LogP contribution in [0.25, 0.3) is 11.0 Å². The highest BCUT2D eigenvalue weighted by Gasteiger charge is 2.28. The molecule has 1 aromatic heterocycles. The molecule has 0 bridgehead atoms. The minimum Gasteiger partial charge on any atom is -0.492 e. The third kappa shape index (κ3) is 3.22. The number of rotatable bonds is 4. The summed E-state index contributed by atoms with van der Waals surface area (Å²) in [7, 11) is 1.85. The maximum atomic E-state index is 12.7. The Labute approximate surface area is 146 Å². The molecule has 2 aromatic carbocycles. The van der Waals surface area contributed by atoms with Crippen LogP contribution < -0.4 is 4.74 Å². The van der Waals surface area contributed by atoms with Crippen LogP contribution >= 0.6 is 0 Å². The lowest BCUT2D eigenvalue weighted by Crippen LogP contribution is -2.39. The number of benzene rings is 2. The summed E-state index contributed by atoms with van der Waals surface area (Å²) in [4.78, 5) is 22.4. The van der Waals surface area contributed by atoms with Gasteiger partial charge in [0.1, 0.15) is 18.2 Å². The van der Waals surface area contributed by atoms with E-state index < -0.39 is 0 Å². The molecule has 5 nitrogen and oxygen atoms in total. The zero-order valence-electron chi connectivity index (χ0n) is 14.2. The molecule has 25 heavy (non-hydrogen) atoms. The molecule has 4 rings (SSSR count). The number of para-hydroxylation sites is 3. The highest BCUT2D eigenvalue weighted by atomic mass is 16.5. The number of hydrogen-bond acceptors (Lipinski definition) is 3. The van der Waals surface area contributed by atoms with Gasteiger partial charge in [0.2, 0.25) is 5.91 Å². The molecule has 1 amide bonds. The molecule has 128 valence electrons. The van der Waals surface area contributed by atoms with Crippen LogP contribution in [0.4, 0.5) is 0 Å². The van der Waals surface area contributed by atoms with E-state index in [-0.39, 0.29) is 11.8 Å². The number of ether oxygens (including phenoxy) is 1. The number of aromatic amines is 1. The van der Waals surface area contributed by atoms with Gasteiger partial charge in [0.05, 0.1) is 17.0 Å². The average molecular weight is 335 g/mol. The van der Waals surface area contributed by atoms with Crippen molar-refractivity contribution in [2.24, 2.45) is 5.92 Å². The van der Waals surface area contributed by atoms with Crippen molar-refractivity contribution in [3.63, 3.8) is 0 Å². The van der Waals surface area contributed by atoms with Crippen LogP contribution in [0.5, 0.6) is 5.75 Å². The Balaban J connectivity index is 1.38. The van der Waals surface area contributed by atoms with E-state index in [9.17, 15) is 4.79 Å². The maximum absolute atomic E-state index is 12.7. The molecule has 1 aliphatic rings. The van der Waals surface area contributed by atoms with Gasteiger partial charge in [-0.2, -0.15) is 0 Å². The minimum absolute atomic E-state index is 0.115. The Kier molecular flexibility index (Phi) is 4.14. The standard InChI is InChI=1S/C20H21N3O2/c1-23(11-10-19-21-16-7-3-4-8-17(16)22-19)20(24)15-12-14-6-2-5-9-18(14)25-13-15/h2-9,15H,10-13H2,1H3,(H,21,22). The number of carbonyl (C=O) groups excluding carboxylic acids is 1. The van der Waals surface area contributed by atoms with Gasteiger partial charge in [-0.3, -0.25) is 4.79 Å². The Morgan fingerprint density at radius 1 is 1.24 bits per heavy atom. The molecule has 0 radical (unpaired) electrons. The van der Waals surface area contributed by atoms with Gasteiger partial charge >= 0.3 is 0 Å². The lowest BCUT2D eigenvalue weighted by Gasteiger charge is -2.28. The van der Waals surface area contributed by atoms with Crippen molar-refractivity contribution >= 4 is 16.9 Å². The summed E-state index contributed by atoms with van der Waals surface area (Å²) in [6.45, 7) is 1.08. The monoisotopic (exact) mass is 335 g/mol. The third-order valence-corrected chi connectivity index (χ3v) is 4.73. The van der Waals surface area contributed by atoms with E-state index >= 15 is 0 Å². The van der Waals surface area contributed by atoms with Crippen molar-refractivity contribution in [2.45, 2.75) is 12.8 Å². The van der Waals surface area contributed by atoms with E-state index in [0.29, 0.717) is 19.6 Å². The number of hydrogen-bond donors (Lipinski definition) is 1. The summed E-state index contributed by atoms with van der Waals surface area (Å²) in [6.07, 6.45) is 1.45. The summed E-state index contributed by atoms with van der Waals surface area (Å²) in [5, 5.41) is 0. The molecule has 0 spiro atoms. The Morgan fingerprint density at radius 2 is 2.04 bits per heavy atom. The van der Waals surface area contributed by atoms with E-state index in [4.69, 9.17) is 4.74 Å². The minimum atomic E-state index is -0.115. The average Bonchev–Trinajstić information content (AvgIpc) is 3.08. The molecule has 1 N–H and O–H groups in total. The summed E-state index contributed by atoms with van der Waals surface area (Å²) < 4.78 is 5.74. The van der Waals surface area contributed by atoms with Gasteiger partial charge in [-0.1, -0.05) is 30.3 Å². The molecule has 0 aliphatic carbocycles. The first kappa shape index (κ1) is 15.7. The first-order valence-electron chi connectivity index (χ1n) is 8.60. The number of nitrogens with one attached hydrogen (secondary N) is 1. The van der Waals surface area contributed by atoms with Gasteiger partial charge in [-0.05, 0) is 30.2 Å². The van der Waals surface area contributed by atoms with E-state index in [1.165, 1.54) is 0 Å². The molecule has 0 saturated carbocycles. The van der Waals surface area contributed by atoms with Crippen LogP contribution in [0.2, 0.25) is 0 Å². The molecular weight excluding hydrogens is 314 g/mol. The summed E-state index contributed by atoms with van der Waals surface area (Å²) in [5.74, 6) is 1.82. The Morgan fingerprint density at radius 3 is 2.92 bits per heavy atom. The number of carbonyl (C=O) groups is 1. The Hall–Kier alpha value is -2.82. The van der Waals surface area contributed by atoms with Gasteiger partial charge < -0.3 is 14.6 Å². The van der Waals surface area contributed by atoms with Crippen molar-refractivity contribution in [1.29, 1.82) is 0 Å². The van der Waals surface area contributed by atoms with Crippen LogP contribution in [0.15, 0.2) is 48.5 Å². The van der Waals surface area contributed by atoms with Gasteiger partial charge in [-0.25, -0.2) is 4.98 Å². The second-order valence-corrected chi connectivity index (χ2v) is 6.53. The number of aromatic nitrogens is 2. The number of imidazole rings is 1. The molecule has 0 fully saturated rings. The van der Waals surface area contributed by atoms with Crippen LogP contribution in [-0.4, -0.2) is 41.0 Å². The zero-order chi connectivity index (χ0) is 17.2. The van der Waals surface area contributed by atoms with Crippen molar-refractivity contribution in [3.05, 3.63) is 59.9 Å². The maximum Gasteiger partial charge on any atom is 0.229 e. The largest absolute Gasteiger partial charge is 0.492 e. The van der Waals surface area contributed by atoms with Crippen LogP contribution in [0.3, 0.4) is 0 Å². The van der Waals surface area contributed by atoms with Gasteiger partial charge in [-0.15, -0.1) is 0 Å². The van der Waals surface area contributed by atoms with Gasteiger partial charge in [0.15, 0.2) is 0 Å². The first-order valence-corrected chi connectivity index (χ1v) is 8.60. The van der Waals surface area contributed by atoms with E-state index in [0.717, 1.165) is 34.6 Å². The molecule has 3 aromatic rings. The highest BCUT2D eigenvalue weighted by molar-refractivity contribution is 5.79. The normalized spacial score (nSPS) is 16.3. The smallest absolute Gasteiger partial charge is 0.229 e. The van der Waals surface area contributed by atoms with Crippen molar-refractivity contribution in [3.8, 4) is 5.75 Å². The fourth-order valence-corrected chi connectivity index (χ4v) is 3.31. The second-order valence-electron chi connectivity index (χ2n) is 6.53. The molecular formula is C20H21N3O2. The molecule has 1 aliphatic heterocycles. The Bertz CT molecular complexity index is 870. The summed E-state index contributed by atoms with van der Waals surface area (Å²) in [6, 6.07) is 15.9. The lowest BCUT2D eigenvalue weighted by atomic mass is 9.95. The van der Waals surface area contributed by atoms with Crippen molar-refractivity contribution < 1.29 is 9.53 Å². The number of nitrogens with zero attached hydrogens (tertiary/aromatic N) is 2. The first-order chi connectivity index (χ1) is 12.2. The number of amides is 1. The molecule has 5 heteroatoms. The molecule has 1 atom stereocenters. The molecule has 0 saturated heterocycles. The topological polar surface area (TPSA) is 58.2 Å². The fraction of sp³-hybridized carbons (Fsp3) is 0.300. The van der Waals surface area contributed by atoms with E-state index in [1.54, 1.807) is 4.90 Å². The number of H-pyrrole nitrogens is 1. The number of likely N-dealkylation sites (N-methyl/N-ethyl adjacent to an activating group) is 1. The predicted octanol–water partition coefficient (Wildman–Crippen LogP) is 2.82. The van der Waals surface area contributed by atoms with Crippen molar-refractivity contribution in [1.82, 2.24) is 14.9 Å². The van der Waals surface area contributed by atoms with E-state index in [1.807, 2.05) is 55.6 Å². The van der Waals surface area contributed by atoms with Crippen LogP contribution in [0, 0.1) is 5.92 Å². The fourth-order valence-electron chi connectivity index (χ4n) is 3.31. The molecule has 1 unspecified atom stereocenters. The van der Waals surface area contributed by atoms with Crippen molar-refractivity contribution in [2.75, 3.05) is 20.2 Å². The third-order valence-electron chi connectivity index (χ3n) is 4.73. The lowest BCUT2D eigenvalue weighted by molar-refractivity contribution is -0.135. The van der Waals surface area contributed by atoms with Gasteiger partial charge in [0, 0.05) is 20.0 Å². The SMILES string of the molecule is CN(CCc1nc2ccccc2[nH]1)C(=O)C1COc2ccccc2C1. The highest BCUT2D eigenvalue weighted by Crippen LogP contribution is 2.27. The van der Waals surface area contributed by atoms with Gasteiger partial charge in [0.25, 0.3) is 0 Å². The second kappa shape index (κ2) is 6.59. The van der Waals surface area contributed by atoms with Crippen LogP contribution in [0.1, 0.15) is 11.4 Å². The summed E-state index contributed by atoms with van der Waals surface area (Å²) >= 11 is 0. The van der Waals surface area contributed by atoms with E-state index in [2.05, 4.69) is 9.97 Å². The number of fused-ring (bicyclic) bond motifs is 2. The van der Waals surface area contributed by atoms with Crippen LogP contribution in [-0.2, 0) is 17.6 Å². The predicted molar refractivity (Wildman–Crippen MR) is 96.6 cm³/mol.